The molecule has 2 rings (SSSR count). The lowest BCUT2D eigenvalue weighted by molar-refractivity contribution is 0.0947. The molecule has 0 bridgehead atoms. The van der Waals surface area contributed by atoms with E-state index < -0.39 is 11.7 Å². The molecule has 0 atom stereocenters. The Morgan fingerprint density at radius 1 is 1.10 bits per heavy atom. The molecule has 0 fully saturated rings. The number of hydrogen-bond donors (Lipinski definition) is 4. The lowest BCUT2D eigenvalue weighted by atomic mass is 10.1. The largest absolute Gasteiger partial charge is 0.504 e. The smallest absolute Gasteiger partial charge is 0.255 e. The first-order chi connectivity index (χ1) is 9.61. The Morgan fingerprint density at radius 3 is 2.55 bits per heavy atom. The number of carbonyl (C=O) groups is 1. The van der Waals surface area contributed by atoms with E-state index in [1.807, 2.05) is 24.3 Å². The van der Waals surface area contributed by atoms with Gasteiger partial charge < -0.3 is 21.3 Å². The molecule has 5 N–H and O–H groups in total. The fourth-order valence-electron chi connectivity index (χ4n) is 1.86. The molecule has 1 amide bonds. The maximum Gasteiger partial charge on any atom is 0.255 e. The van der Waals surface area contributed by atoms with Gasteiger partial charge in [-0.3, -0.25) is 4.79 Å². The van der Waals surface area contributed by atoms with E-state index in [4.69, 9.17) is 5.73 Å². The summed E-state index contributed by atoms with van der Waals surface area (Å²) < 4.78 is 0. The number of phenolic OH excluding ortho intramolecular Hbond substituents is 2. The minimum Gasteiger partial charge on any atom is -0.504 e. The number of nitrogens with two attached hydrogens (primary N) is 1. The molecule has 20 heavy (non-hydrogen) atoms. The molecular formula is C15H16N2O3. The van der Waals surface area contributed by atoms with Crippen molar-refractivity contribution in [1.82, 2.24) is 5.32 Å². The van der Waals surface area contributed by atoms with Crippen LogP contribution in [0.25, 0.3) is 0 Å². The van der Waals surface area contributed by atoms with Gasteiger partial charge in [0.05, 0.1) is 5.56 Å². The molecule has 0 radical (unpaired) electrons. The molecule has 5 heteroatoms. The predicted octanol–water partition coefficient (Wildman–Crippen LogP) is 1.49. The summed E-state index contributed by atoms with van der Waals surface area (Å²) in [5.74, 6) is -1.18. The highest BCUT2D eigenvalue weighted by molar-refractivity contribution is 5.97. The third-order valence-electron chi connectivity index (χ3n) is 2.94. The number of carbonyl (C=O) groups excluding carboxylic acids is 1. The first-order valence-corrected chi connectivity index (χ1v) is 6.19. The van der Waals surface area contributed by atoms with E-state index in [1.54, 1.807) is 0 Å². The molecule has 2 aromatic rings. The molecule has 0 spiro atoms. The summed E-state index contributed by atoms with van der Waals surface area (Å²) in [4.78, 5) is 11.9. The van der Waals surface area contributed by atoms with Gasteiger partial charge in [0, 0.05) is 13.1 Å². The molecule has 5 nitrogen and oxygen atoms in total. The van der Waals surface area contributed by atoms with Crippen molar-refractivity contribution in [2.24, 2.45) is 5.73 Å². The van der Waals surface area contributed by atoms with Crippen molar-refractivity contribution in [3.8, 4) is 11.5 Å². The monoisotopic (exact) mass is 272 g/mol. The number of amides is 1. The van der Waals surface area contributed by atoms with Crippen LogP contribution in [0.5, 0.6) is 11.5 Å². The lowest BCUT2D eigenvalue weighted by Crippen LogP contribution is -2.22. The zero-order valence-corrected chi connectivity index (χ0v) is 10.8. The first-order valence-electron chi connectivity index (χ1n) is 6.19. The highest BCUT2D eigenvalue weighted by Gasteiger charge is 2.13. The average molecular weight is 272 g/mol. The van der Waals surface area contributed by atoms with Crippen LogP contribution in [-0.2, 0) is 13.1 Å². The molecule has 0 saturated carbocycles. The third kappa shape index (κ3) is 3.07. The number of para-hydroxylation sites is 1. The van der Waals surface area contributed by atoms with Gasteiger partial charge in [-0.15, -0.1) is 0 Å². The minimum absolute atomic E-state index is 0.0416. The molecule has 0 unspecified atom stereocenters. The normalized spacial score (nSPS) is 10.2. The number of benzene rings is 2. The van der Waals surface area contributed by atoms with Crippen LogP contribution >= 0.6 is 0 Å². The maximum atomic E-state index is 11.9. The Bertz CT molecular complexity index is 626. The molecule has 2 aromatic carbocycles. The van der Waals surface area contributed by atoms with Crippen molar-refractivity contribution in [2.75, 3.05) is 0 Å². The standard InChI is InChI=1S/C15H16N2O3/c16-8-10-3-1-4-11(7-10)9-17-15(20)12-5-2-6-13(18)14(12)19/h1-7,18-19H,8-9,16H2,(H,17,20). The van der Waals surface area contributed by atoms with Crippen molar-refractivity contribution in [3.63, 3.8) is 0 Å². The Balaban J connectivity index is 2.06. The molecule has 104 valence electrons. The molecule has 0 saturated heterocycles. The van der Waals surface area contributed by atoms with E-state index in [9.17, 15) is 15.0 Å². The Kier molecular flexibility index (Phi) is 4.22. The van der Waals surface area contributed by atoms with E-state index in [2.05, 4.69) is 5.32 Å². The average Bonchev–Trinajstić information content (AvgIpc) is 2.48. The van der Waals surface area contributed by atoms with Gasteiger partial charge in [0.25, 0.3) is 5.91 Å². The summed E-state index contributed by atoms with van der Waals surface area (Å²) in [6.07, 6.45) is 0. The molecule has 0 aliphatic rings. The quantitative estimate of drug-likeness (QED) is 0.634. The second kappa shape index (κ2) is 6.08. The SMILES string of the molecule is NCc1cccc(CNC(=O)c2cccc(O)c2O)c1. The molecule has 0 aromatic heterocycles. The molecule has 0 heterocycles. The fraction of sp³-hybridized carbons (Fsp3) is 0.133. The number of aromatic hydroxyl groups is 2. The fourth-order valence-corrected chi connectivity index (χ4v) is 1.86. The minimum atomic E-state index is -0.448. The van der Waals surface area contributed by atoms with Crippen LogP contribution in [-0.4, -0.2) is 16.1 Å². The van der Waals surface area contributed by atoms with Crippen molar-refractivity contribution < 1.29 is 15.0 Å². The number of rotatable bonds is 4. The highest BCUT2D eigenvalue weighted by Crippen LogP contribution is 2.27. The van der Waals surface area contributed by atoms with Crippen LogP contribution in [0.3, 0.4) is 0 Å². The van der Waals surface area contributed by atoms with E-state index in [1.165, 1.54) is 18.2 Å². The second-order valence-electron chi connectivity index (χ2n) is 4.38. The summed E-state index contributed by atoms with van der Waals surface area (Å²) in [7, 11) is 0. The third-order valence-corrected chi connectivity index (χ3v) is 2.94. The van der Waals surface area contributed by atoms with Crippen molar-refractivity contribution in [3.05, 3.63) is 59.2 Å². The van der Waals surface area contributed by atoms with Gasteiger partial charge in [-0.1, -0.05) is 30.3 Å². The van der Waals surface area contributed by atoms with Gasteiger partial charge in [0.1, 0.15) is 0 Å². The van der Waals surface area contributed by atoms with Crippen LogP contribution in [0.1, 0.15) is 21.5 Å². The Morgan fingerprint density at radius 2 is 1.80 bits per heavy atom. The molecule has 0 aliphatic heterocycles. The van der Waals surface area contributed by atoms with Crippen molar-refractivity contribution in [2.45, 2.75) is 13.1 Å². The van der Waals surface area contributed by atoms with Gasteiger partial charge in [-0.05, 0) is 23.3 Å². The summed E-state index contributed by atoms with van der Waals surface area (Å²) in [6, 6.07) is 11.8. The summed E-state index contributed by atoms with van der Waals surface area (Å²) in [5.41, 5.74) is 7.50. The zero-order chi connectivity index (χ0) is 14.5. The van der Waals surface area contributed by atoms with E-state index in [0.29, 0.717) is 13.1 Å². The van der Waals surface area contributed by atoms with Crippen molar-refractivity contribution >= 4 is 5.91 Å². The number of nitrogens with one attached hydrogen (secondary N) is 1. The van der Waals surface area contributed by atoms with Crippen LogP contribution in [0, 0.1) is 0 Å². The van der Waals surface area contributed by atoms with Crippen molar-refractivity contribution in [1.29, 1.82) is 0 Å². The van der Waals surface area contributed by atoms with E-state index in [-0.39, 0.29) is 11.3 Å². The van der Waals surface area contributed by atoms with E-state index in [0.717, 1.165) is 11.1 Å². The first kappa shape index (κ1) is 13.9. The van der Waals surface area contributed by atoms with E-state index >= 15 is 0 Å². The van der Waals surface area contributed by atoms with Gasteiger partial charge in [-0.25, -0.2) is 0 Å². The number of hydrogen-bond acceptors (Lipinski definition) is 4. The lowest BCUT2D eigenvalue weighted by Gasteiger charge is -2.08. The topological polar surface area (TPSA) is 95.6 Å². The van der Waals surface area contributed by atoms with Gasteiger partial charge in [0.15, 0.2) is 11.5 Å². The second-order valence-corrected chi connectivity index (χ2v) is 4.38. The van der Waals surface area contributed by atoms with Crippen LogP contribution in [0.4, 0.5) is 0 Å². The number of phenols is 2. The van der Waals surface area contributed by atoms with Gasteiger partial charge in [-0.2, -0.15) is 0 Å². The zero-order valence-electron chi connectivity index (χ0n) is 10.8. The highest BCUT2D eigenvalue weighted by atomic mass is 16.3. The van der Waals surface area contributed by atoms with Crippen LogP contribution < -0.4 is 11.1 Å². The molecular weight excluding hydrogens is 256 g/mol. The molecule has 0 aliphatic carbocycles. The summed E-state index contributed by atoms with van der Waals surface area (Å²) >= 11 is 0. The Hall–Kier alpha value is -2.53. The summed E-state index contributed by atoms with van der Waals surface area (Å²) in [5, 5.41) is 21.7. The van der Waals surface area contributed by atoms with Crippen LogP contribution in [0.2, 0.25) is 0 Å². The summed E-state index contributed by atoms with van der Waals surface area (Å²) in [6.45, 7) is 0.761. The van der Waals surface area contributed by atoms with Gasteiger partial charge in [0.2, 0.25) is 0 Å². The van der Waals surface area contributed by atoms with Gasteiger partial charge >= 0.3 is 0 Å². The Labute approximate surface area is 116 Å². The predicted molar refractivity (Wildman–Crippen MR) is 75.3 cm³/mol. The van der Waals surface area contributed by atoms with Crippen LogP contribution in [0.15, 0.2) is 42.5 Å². The maximum absolute atomic E-state index is 11.9.